The second-order valence-electron chi connectivity index (χ2n) is 3.64. The fourth-order valence-corrected chi connectivity index (χ4v) is 1.39. The summed E-state index contributed by atoms with van der Waals surface area (Å²) in [7, 11) is 0. The lowest BCUT2D eigenvalue weighted by atomic mass is 9.95. The lowest BCUT2D eigenvalue weighted by Crippen LogP contribution is -2.30. The van der Waals surface area contributed by atoms with Crippen LogP contribution in [0.4, 0.5) is 0 Å². The Balaban J connectivity index is 2.85. The molecule has 0 radical (unpaired) electrons. The highest BCUT2D eigenvalue weighted by atomic mass is 16.5. The van der Waals surface area contributed by atoms with Crippen molar-refractivity contribution in [3.05, 3.63) is 11.8 Å². The molecular formula is C11H16O3. The van der Waals surface area contributed by atoms with E-state index in [0.29, 0.717) is 12.2 Å². The van der Waals surface area contributed by atoms with Gasteiger partial charge >= 0.3 is 5.97 Å². The first kappa shape index (κ1) is 11.0. The average Bonchev–Trinajstić information content (AvgIpc) is 2.16. The van der Waals surface area contributed by atoms with Crippen LogP contribution in [-0.4, -0.2) is 11.8 Å². The molecule has 2 atom stereocenters. The molecule has 0 aromatic heterocycles. The van der Waals surface area contributed by atoms with Crippen molar-refractivity contribution in [1.29, 1.82) is 0 Å². The molecule has 3 nitrogen and oxygen atoms in total. The van der Waals surface area contributed by atoms with Crippen LogP contribution >= 0.6 is 0 Å². The molecule has 0 fully saturated rings. The predicted octanol–water partition coefficient (Wildman–Crippen LogP) is 2.07. The van der Waals surface area contributed by atoms with Gasteiger partial charge in [0.05, 0.1) is 0 Å². The van der Waals surface area contributed by atoms with Crippen molar-refractivity contribution < 1.29 is 14.3 Å². The van der Waals surface area contributed by atoms with Crippen LogP contribution < -0.4 is 0 Å². The molecule has 1 heterocycles. The maximum absolute atomic E-state index is 11.5. The number of ether oxygens (including phenoxy) is 1. The summed E-state index contributed by atoms with van der Waals surface area (Å²) in [5, 5.41) is 0. The summed E-state index contributed by atoms with van der Waals surface area (Å²) in [6.45, 7) is 5.75. The van der Waals surface area contributed by atoms with Crippen LogP contribution in [0.3, 0.4) is 0 Å². The van der Waals surface area contributed by atoms with Crippen molar-refractivity contribution in [3.8, 4) is 0 Å². The normalized spacial score (nSPS) is 24.2. The van der Waals surface area contributed by atoms with Crippen LogP contribution in [0, 0.1) is 11.8 Å². The number of carbonyl (C=O) groups is 2. The van der Waals surface area contributed by atoms with Crippen molar-refractivity contribution in [3.63, 3.8) is 0 Å². The van der Waals surface area contributed by atoms with Gasteiger partial charge < -0.3 is 4.74 Å². The molecule has 0 aromatic carbocycles. The number of allylic oxidation sites excluding steroid dienone is 2. The number of esters is 1. The van der Waals surface area contributed by atoms with Gasteiger partial charge in [0, 0.05) is 12.0 Å². The van der Waals surface area contributed by atoms with Crippen LogP contribution in [0.2, 0.25) is 0 Å². The summed E-state index contributed by atoms with van der Waals surface area (Å²) in [6.07, 6.45) is 2.86. The maximum Gasteiger partial charge on any atom is 0.321 e. The van der Waals surface area contributed by atoms with Crippen LogP contribution in [-0.2, 0) is 14.3 Å². The molecule has 78 valence electrons. The van der Waals surface area contributed by atoms with Crippen molar-refractivity contribution >= 4 is 11.8 Å². The van der Waals surface area contributed by atoms with Crippen LogP contribution in [0.15, 0.2) is 11.8 Å². The molecule has 1 rings (SSSR count). The lowest BCUT2D eigenvalue weighted by molar-refractivity contribution is -0.150. The SMILES string of the molecule is CCC(C)C1=CC(=O)C(CC)C(=O)O1. The van der Waals surface area contributed by atoms with Crippen molar-refractivity contribution in [1.82, 2.24) is 0 Å². The molecule has 0 N–H and O–H groups in total. The molecule has 0 saturated carbocycles. The molecule has 0 aromatic rings. The first-order valence-electron chi connectivity index (χ1n) is 5.07. The Labute approximate surface area is 84.1 Å². The van der Waals surface area contributed by atoms with E-state index in [1.54, 1.807) is 0 Å². The number of ketones is 1. The molecule has 1 aliphatic rings. The van der Waals surface area contributed by atoms with Crippen molar-refractivity contribution in [2.45, 2.75) is 33.6 Å². The summed E-state index contributed by atoms with van der Waals surface area (Å²) in [5.74, 6) is -0.426. The molecule has 0 aliphatic carbocycles. The van der Waals surface area contributed by atoms with E-state index in [2.05, 4.69) is 0 Å². The van der Waals surface area contributed by atoms with Gasteiger partial charge in [0.25, 0.3) is 0 Å². The zero-order valence-corrected chi connectivity index (χ0v) is 8.87. The van der Waals surface area contributed by atoms with Crippen LogP contribution in [0.5, 0.6) is 0 Å². The Kier molecular flexibility index (Phi) is 3.44. The summed E-state index contributed by atoms with van der Waals surface area (Å²) in [5.41, 5.74) is 0. The van der Waals surface area contributed by atoms with E-state index >= 15 is 0 Å². The first-order valence-corrected chi connectivity index (χ1v) is 5.07. The summed E-state index contributed by atoms with van der Waals surface area (Å²) >= 11 is 0. The predicted molar refractivity (Wildman–Crippen MR) is 52.4 cm³/mol. The van der Waals surface area contributed by atoms with Gasteiger partial charge in [-0.25, -0.2) is 0 Å². The minimum absolute atomic E-state index is 0.112. The number of hydrogen-bond donors (Lipinski definition) is 0. The Bertz CT molecular complexity index is 278. The quantitative estimate of drug-likeness (QED) is 0.512. The Morgan fingerprint density at radius 3 is 2.50 bits per heavy atom. The van der Waals surface area contributed by atoms with Gasteiger partial charge in [0.2, 0.25) is 0 Å². The van der Waals surface area contributed by atoms with Crippen LogP contribution in [0.1, 0.15) is 33.6 Å². The number of rotatable bonds is 3. The number of hydrogen-bond acceptors (Lipinski definition) is 3. The second kappa shape index (κ2) is 4.40. The Morgan fingerprint density at radius 2 is 2.07 bits per heavy atom. The van der Waals surface area contributed by atoms with E-state index in [9.17, 15) is 9.59 Å². The first-order chi connectivity index (χ1) is 6.60. The van der Waals surface area contributed by atoms with Gasteiger partial charge in [-0.05, 0) is 12.8 Å². The van der Waals surface area contributed by atoms with E-state index < -0.39 is 11.9 Å². The monoisotopic (exact) mass is 196 g/mol. The lowest BCUT2D eigenvalue weighted by Gasteiger charge is -2.21. The minimum atomic E-state index is -0.581. The number of carbonyl (C=O) groups excluding carboxylic acids is 2. The molecule has 14 heavy (non-hydrogen) atoms. The Morgan fingerprint density at radius 1 is 1.43 bits per heavy atom. The molecule has 0 bridgehead atoms. The topological polar surface area (TPSA) is 43.4 Å². The van der Waals surface area contributed by atoms with Crippen LogP contribution in [0.25, 0.3) is 0 Å². The van der Waals surface area contributed by atoms with E-state index in [4.69, 9.17) is 4.74 Å². The van der Waals surface area contributed by atoms with Gasteiger partial charge in [-0.3, -0.25) is 9.59 Å². The minimum Gasteiger partial charge on any atom is -0.430 e. The third kappa shape index (κ3) is 2.03. The van der Waals surface area contributed by atoms with E-state index in [1.807, 2.05) is 20.8 Å². The van der Waals surface area contributed by atoms with Crippen molar-refractivity contribution in [2.75, 3.05) is 0 Å². The average molecular weight is 196 g/mol. The van der Waals surface area contributed by atoms with Gasteiger partial charge in [0.15, 0.2) is 5.78 Å². The standard InChI is InChI=1S/C11H16O3/c1-4-7(3)10-6-9(12)8(5-2)11(13)14-10/h6-8H,4-5H2,1-3H3. The van der Waals surface area contributed by atoms with Gasteiger partial charge in [0.1, 0.15) is 11.7 Å². The smallest absolute Gasteiger partial charge is 0.321 e. The molecular weight excluding hydrogens is 180 g/mol. The molecule has 0 saturated heterocycles. The molecule has 0 amide bonds. The fraction of sp³-hybridized carbons (Fsp3) is 0.636. The largest absolute Gasteiger partial charge is 0.430 e. The van der Waals surface area contributed by atoms with E-state index in [-0.39, 0.29) is 11.7 Å². The third-order valence-corrected chi connectivity index (χ3v) is 2.64. The molecule has 2 unspecified atom stereocenters. The van der Waals surface area contributed by atoms with Gasteiger partial charge in [-0.15, -0.1) is 0 Å². The Hall–Kier alpha value is -1.12. The highest BCUT2D eigenvalue weighted by Crippen LogP contribution is 2.24. The summed E-state index contributed by atoms with van der Waals surface area (Å²) < 4.78 is 5.11. The summed E-state index contributed by atoms with van der Waals surface area (Å²) in [4.78, 5) is 22.9. The molecule has 1 aliphatic heterocycles. The van der Waals surface area contributed by atoms with Gasteiger partial charge in [-0.1, -0.05) is 20.8 Å². The second-order valence-corrected chi connectivity index (χ2v) is 3.64. The zero-order chi connectivity index (χ0) is 10.7. The molecule has 3 heteroatoms. The molecule has 0 spiro atoms. The fourth-order valence-electron chi connectivity index (χ4n) is 1.39. The highest BCUT2D eigenvalue weighted by Gasteiger charge is 2.31. The van der Waals surface area contributed by atoms with Gasteiger partial charge in [-0.2, -0.15) is 0 Å². The van der Waals surface area contributed by atoms with E-state index in [1.165, 1.54) is 6.08 Å². The summed E-state index contributed by atoms with van der Waals surface area (Å²) in [6, 6.07) is 0. The maximum atomic E-state index is 11.5. The van der Waals surface area contributed by atoms with Crippen molar-refractivity contribution in [2.24, 2.45) is 11.8 Å². The number of cyclic esters (lactones) is 1. The third-order valence-electron chi connectivity index (χ3n) is 2.64. The highest BCUT2D eigenvalue weighted by molar-refractivity contribution is 6.07. The zero-order valence-electron chi connectivity index (χ0n) is 8.87. The van der Waals surface area contributed by atoms with E-state index in [0.717, 1.165) is 6.42 Å².